The van der Waals surface area contributed by atoms with Gasteiger partial charge in [-0.05, 0) is 19.4 Å². The molecule has 0 bridgehead atoms. The number of aryl methyl sites for hydroxylation is 1. The van der Waals surface area contributed by atoms with Gasteiger partial charge in [-0.1, -0.05) is 25.1 Å². The topological polar surface area (TPSA) is 30.2 Å². The highest BCUT2D eigenvalue weighted by atomic mass is 35.5. The van der Waals surface area contributed by atoms with Gasteiger partial charge in [0.05, 0.1) is 0 Å². The number of hydrogen-bond donors (Lipinski definition) is 0. The van der Waals surface area contributed by atoms with Crippen LogP contribution in [0.25, 0.3) is 5.57 Å². The summed E-state index contributed by atoms with van der Waals surface area (Å²) in [4.78, 5) is 8.75. The van der Waals surface area contributed by atoms with Crippen LogP contribution in [0.15, 0.2) is 11.6 Å². The van der Waals surface area contributed by atoms with Gasteiger partial charge in [0.1, 0.15) is 16.7 Å². The Bertz CT molecular complexity index is 412. The Kier molecular flexibility index (Phi) is 3.69. The van der Waals surface area contributed by atoms with Gasteiger partial charge in [-0.25, -0.2) is 9.98 Å². The quantitative estimate of drug-likeness (QED) is 0.726. The molecule has 0 atom stereocenters. The Morgan fingerprint density at radius 3 is 2.53 bits per heavy atom. The Hall–Kier alpha value is -1.09. The predicted molar refractivity (Wildman–Crippen MR) is 65.9 cm³/mol. The third-order valence-electron chi connectivity index (χ3n) is 2.14. The fraction of sp³-hybridized carbons (Fsp3) is 0.455. The van der Waals surface area contributed by atoms with Crippen molar-refractivity contribution in [3.8, 4) is 0 Å². The zero-order valence-corrected chi connectivity index (χ0v) is 10.4. The highest BCUT2D eigenvalue weighted by molar-refractivity contribution is 6.65. The molecule has 0 radical (unpaired) electrons. The van der Waals surface area contributed by atoms with E-state index < -0.39 is 0 Å². The summed E-state index contributed by atoms with van der Waals surface area (Å²) in [5, 5.41) is 0.503. The SMILES string of the molecule is C=C(C)c1nc(CC)n(C)c1N=C(C)Cl. The largest absolute Gasteiger partial charge is 0.316 e. The van der Waals surface area contributed by atoms with Crippen molar-refractivity contribution in [3.63, 3.8) is 0 Å². The molecular weight excluding hydrogens is 210 g/mol. The summed E-state index contributed by atoms with van der Waals surface area (Å²) in [6.45, 7) is 9.63. The first-order valence-corrected chi connectivity index (χ1v) is 5.27. The Labute approximate surface area is 95.5 Å². The number of imidazole rings is 1. The molecule has 1 heterocycles. The number of aromatic nitrogens is 2. The van der Waals surface area contributed by atoms with E-state index in [0.717, 1.165) is 29.3 Å². The van der Waals surface area contributed by atoms with Crippen molar-refractivity contribution >= 4 is 28.2 Å². The highest BCUT2D eigenvalue weighted by Gasteiger charge is 2.13. The van der Waals surface area contributed by atoms with E-state index in [4.69, 9.17) is 11.6 Å². The van der Waals surface area contributed by atoms with Crippen LogP contribution >= 0.6 is 11.6 Å². The normalized spacial score (nSPS) is 11.9. The number of halogens is 1. The lowest BCUT2D eigenvalue weighted by atomic mass is 10.2. The van der Waals surface area contributed by atoms with Gasteiger partial charge < -0.3 is 4.57 Å². The van der Waals surface area contributed by atoms with Crippen LogP contribution in [-0.4, -0.2) is 14.7 Å². The van der Waals surface area contributed by atoms with E-state index in [1.807, 2.05) is 18.5 Å². The molecule has 1 aromatic rings. The first-order valence-electron chi connectivity index (χ1n) is 4.89. The number of nitrogens with zero attached hydrogens (tertiary/aromatic N) is 3. The minimum Gasteiger partial charge on any atom is -0.316 e. The van der Waals surface area contributed by atoms with Crippen LogP contribution < -0.4 is 0 Å². The molecule has 82 valence electrons. The molecule has 0 unspecified atom stereocenters. The zero-order chi connectivity index (χ0) is 11.6. The summed E-state index contributed by atoms with van der Waals surface area (Å²) >= 11 is 5.79. The van der Waals surface area contributed by atoms with Crippen molar-refractivity contribution in [3.05, 3.63) is 18.1 Å². The number of allylic oxidation sites excluding steroid dienone is 1. The second-order valence-corrected chi connectivity index (χ2v) is 4.05. The van der Waals surface area contributed by atoms with Crippen molar-refractivity contribution in [2.24, 2.45) is 12.0 Å². The molecule has 3 nitrogen and oxygen atoms in total. The van der Waals surface area contributed by atoms with Crippen LogP contribution in [-0.2, 0) is 13.5 Å². The number of hydrogen-bond acceptors (Lipinski definition) is 2. The lowest BCUT2D eigenvalue weighted by molar-refractivity contribution is 0.809. The average molecular weight is 226 g/mol. The minimum atomic E-state index is 0.503. The third-order valence-corrected chi connectivity index (χ3v) is 2.22. The van der Waals surface area contributed by atoms with Gasteiger partial charge in [0.2, 0.25) is 0 Å². The molecule has 0 aromatic carbocycles. The maximum atomic E-state index is 5.79. The summed E-state index contributed by atoms with van der Waals surface area (Å²) in [5.41, 5.74) is 1.73. The van der Waals surface area contributed by atoms with E-state index >= 15 is 0 Å². The van der Waals surface area contributed by atoms with Crippen LogP contribution in [0.1, 0.15) is 32.3 Å². The lowest BCUT2D eigenvalue weighted by Crippen LogP contribution is -1.95. The number of aliphatic imine (C=N–C) groups is 1. The molecule has 1 rings (SSSR count). The van der Waals surface area contributed by atoms with Crippen molar-refractivity contribution in [1.82, 2.24) is 9.55 Å². The zero-order valence-electron chi connectivity index (χ0n) is 9.63. The maximum absolute atomic E-state index is 5.79. The van der Waals surface area contributed by atoms with E-state index in [-0.39, 0.29) is 0 Å². The van der Waals surface area contributed by atoms with Gasteiger partial charge in [0, 0.05) is 13.5 Å². The molecule has 1 aromatic heterocycles. The van der Waals surface area contributed by atoms with Crippen LogP contribution in [0, 0.1) is 0 Å². The Balaban J connectivity index is 3.38. The number of rotatable bonds is 3. The van der Waals surface area contributed by atoms with Gasteiger partial charge in [-0.2, -0.15) is 0 Å². The van der Waals surface area contributed by atoms with E-state index in [1.54, 1.807) is 6.92 Å². The molecule has 0 amide bonds. The Morgan fingerprint density at radius 2 is 2.13 bits per heavy atom. The summed E-state index contributed by atoms with van der Waals surface area (Å²) in [7, 11) is 1.94. The summed E-state index contributed by atoms with van der Waals surface area (Å²) in [6.07, 6.45) is 0.869. The van der Waals surface area contributed by atoms with E-state index in [9.17, 15) is 0 Å². The van der Waals surface area contributed by atoms with Gasteiger partial charge in [0.25, 0.3) is 0 Å². The van der Waals surface area contributed by atoms with Gasteiger partial charge in [-0.3, -0.25) is 0 Å². The van der Waals surface area contributed by atoms with E-state index in [1.165, 1.54) is 0 Å². The molecule has 0 fully saturated rings. The molecular formula is C11H16ClN3. The van der Waals surface area contributed by atoms with Crippen molar-refractivity contribution < 1.29 is 0 Å². The summed E-state index contributed by atoms with van der Waals surface area (Å²) in [6, 6.07) is 0. The molecule has 15 heavy (non-hydrogen) atoms. The van der Waals surface area contributed by atoms with E-state index in [0.29, 0.717) is 5.17 Å². The summed E-state index contributed by atoms with van der Waals surface area (Å²) in [5.74, 6) is 1.77. The second-order valence-electron chi connectivity index (χ2n) is 3.50. The van der Waals surface area contributed by atoms with Crippen LogP contribution in [0.2, 0.25) is 0 Å². The smallest absolute Gasteiger partial charge is 0.161 e. The maximum Gasteiger partial charge on any atom is 0.161 e. The highest BCUT2D eigenvalue weighted by Crippen LogP contribution is 2.26. The molecule has 0 N–H and O–H groups in total. The summed E-state index contributed by atoms with van der Waals surface area (Å²) < 4.78 is 1.95. The Morgan fingerprint density at radius 1 is 1.53 bits per heavy atom. The monoisotopic (exact) mass is 225 g/mol. The standard InChI is InChI=1S/C11H16ClN3/c1-6-9-14-10(7(2)3)11(15(9)5)13-8(4)12/h2,6H2,1,3-5H3. The molecule has 0 aliphatic rings. The third kappa shape index (κ3) is 2.48. The second kappa shape index (κ2) is 4.62. The van der Waals surface area contributed by atoms with Crippen molar-refractivity contribution in [2.45, 2.75) is 27.2 Å². The predicted octanol–water partition coefficient (Wildman–Crippen LogP) is 3.30. The van der Waals surface area contributed by atoms with Crippen molar-refractivity contribution in [2.75, 3.05) is 0 Å². The first-order chi connectivity index (χ1) is 6.97. The van der Waals surface area contributed by atoms with Gasteiger partial charge in [-0.15, -0.1) is 0 Å². The van der Waals surface area contributed by atoms with Crippen LogP contribution in [0.4, 0.5) is 5.82 Å². The molecule has 4 heteroatoms. The van der Waals surface area contributed by atoms with Crippen LogP contribution in [0.3, 0.4) is 0 Å². The molecule has 0 aliphatic heterocycles. The van der Waals surface area contributed by atoms with E-state index in [2.05, 4.69) is 23.5 Å². The molecule has 0 spiro atoms. The first kappa shape index (κ1) is 12.0. The van der Waals surface area contributed by atoms with Gasteiger partial charge >= 0.3 is 0 Å². The minimum absolute atomic E-state index is 0.503. The van der Waals surface area contributed by atoms with Crippen LogP contribution in [0.5, 0.6) is 0 Å². The molecule has 0 aliphatic carbocycles. The average Bonchev–Trinajstić information content (AvgIpc) is 2.43. The fourth-order valence-corrected chi connectivity index (χ4v) is 1.49. The molecule has 0 saturated carbocycles. The van der Waals surface area contributed by atoms with Gasteiger partial charge in [0.15, 0.2) is 5.82 Å². The lowest BCUT2D eigenvalue weighted by Gasteiger charge is -2.01. The fourth-order valence-electron chi connectivity index (χ4n) is 1.41. The molecule has 0 saturated heterocycles. The van der Waals surface area contributed by atoms with Crippen molar-refractivity contribution in [1.29, 1.82) is 0 Å².